The van der Waals surface area contributed by atoms with Crippen molar-refractivity contribution in [2.24, 2.45) is 0 Å². The molecular weight excluding hydrogens is 286 g/mol. The van der Waals surface area contributed by atoms with E-state index in [1.807, 2.05) is 0 Å². The maximum atomic E-state index is 6.19. The lowest BCUT2D eigenvalue weighted by Gasteiger charge is -2.26. The van der Waals surface area contributed by atoms with Crippen molar-refractivity contribution in [1.29, 1.82) is 0 Å². The molecule has 2 nitrogen and oxygen atoms in total. The van der Waals surface area contributed by atoms with Gasteiger partial charge in [0.2, 0.25) is 0 Å². The molecule has 116 valence electrons. The molecule has 0 unspecified atom stereocenters. The van der Waals surface area contributed by atoms with Crippen LogP contribution in [0.25, 0.3) is 21.8 Å². The number of fused-ring (bicyclic) bond motifs is 3. The first kappa shape index (κ1) is 15.3. The average Bonchev–Trinajstić information content (AvgIpc) is 2.78. The molecule has 0 aliphatic heterocycles. The molecule has 0 N–H and O–H groups in total. The Bertz CT molecular complexity index is 735. The number of hydrogen-bond acceptors (Lipinski definition) is 1. The standard InChI is InChI=1S/C19H25NOSi/c1-15(2)21-22(3,4)14-13-20-18-11-7-5-9-16(18)17-10-6-8-12-19(17)20/h5-12,15H,13-14H2,1-4H3. The molecule has 0 saturated heterocycles. The average molecular weight is 312 g/mol. The first-order valence-corrected chi connectivity index (χ1v) is 11.2. The van der Waals surface area contributed by atoms with Crippen LogP contribution in [-0.2, 0) is 11.0 Å². The van der Waals surface area contributed by atoms with E-state index in [1.54, 1.807) is 0 Å². The van der Waals surface area contributed by atoms with Crippen LogP contribution in [0.4, 0.5) is 0 Å². The lowest BCUT2D eigenvalue weighted by molar-refractivity contribution is 0.230. The van der Waals surface area contributed by atoms with Crippen molar-refractivity contribution >= 4 is 30.1 Å². The van der Waals surface area contributed by atoms with Crippen LogP contribution in [0, 0.1) is 0 Å². The Hall–Kier alpha value is -1.58. The fourth-order valence-corrected chi connectivity index (χ4v) is 5.48. The third-order valence-electron chi connectivity index (χ3n) is 4.17. The van der Waals surface area contributed by atoms with E-state index in [1.165, 1.54) is 21.8 Å². The maximum Gasteiger partial charge on any atom is 0.188 e. The molecule has 0 saturated carbocycles. The van der Waals surface area contributed by atoms with Gasteiger partial charge in [0.15, 0.2) is 8.32 Å². The van der Waals surface area contributed by atoms with Crippen molar-refractivity contribution < 1.29 is 4.43 Å². The molecule has 0 aliphatic rings. The van der Waals surface area contributed by atoms with Crippen LogP contribution in [0.15, 0.2) is 48.5 Å². The molecule has 0 atom stereocenters. The van der Waals surface area contributed by atoms with Crippen molar-refractivity contribution in [2.75, 3.05) is 0 Å². The lowest BCUT2D eigenvalue weighted by atomic mass is 10.2. The van der Waals surface area contributed by atoms with E-state index in [0.717, 1.165) is 12.6 Å². The summed E-state index contributed by atoms with van der Waals surface area (Å²) in [4.78, 5) is 0. The highest BCUT2D eigenvalue weighted by molar-refractivity contribution is 6.71. The summed E-state index contributed by atoms with van der Waals surface area (Å²) < 4.78 is 8.65. The molecule has 2 aromatic carbocycles. The number of para-hydroxylation sites is 2. The van der Waals surface area contributed by atoms with Crippen LogP contribution in [-0.4, -0.2) is 19.0 Å². The highest BCUT2D eigenvalue weighted by Gasteiger charge is 2.24. The van der Waals surface area contributed by atoms with Crippen molar-refractivity contribution in [1.82, 2.24) is 4.57 Å². The van der Waals surface area contributed by atoms with Gasteiger partial charge in [-0.3, -0.25) is 0 Å². The molecule has 1 heterocycles. The summed E-state index contributed by atoms with van der Waals surface area (Å²) in [6.45, 7) is 9.94. The molecule has 0 amide bonds. The molecule has 0 bridgehead atoms. The van der Waals surface area contributed by atoms with Crippen LogP contribution in [0.5, 0.6) is 0 Å². The lowest BCUT2D eigenvalue weighted by Crippen LogP contribution is -2.34. The number of benzene rings is 2. The van der Waals surface area contributed by atoms with E-state index >= 15 is 0 Å². The van der Waals surface area contributed by atoms with E-state index in [4.69, 9.17) is 4.43 Å². The van der Waals surface area contributed by atoms with Gasteiger partial charge in [0.1, 0.15) is 0 Å². The zero-order valence-corrected chi connectivity index (χ0v) is 15.0. The Labute approximate surface area is 133 Å². The van der Waals surface area contributed by atoms with Gasteiger partial charge in [0, 0.05) is 34.5 Å². The largest absolute Gasteiger partial charge is 0.415 e. The summed E-state index contributed by atoms with van der Waals surface area (Å²) in [5.41, 5.74) is 2.66. The van der Waals surface area contributed by atoms with Gasteiger partial charge in [-0.1, -0.05) is 36.4 Å². The fourth-order valence-electron chi connectivity index (χ4n) is 3.32. The summed E-state index contributed by atoms with van der Waals surface area (Å²) in [7, 11) is -1.62. The molecular formula is C19H25NOSi. The van der Waals surface area contributed by atoms with E-state index < -0.39 is 8.32 Å². The van der Waals surface area contributed by atoms with Crippen molar-refractivity contribution in [3.63, 3.8) is 0 Å². The summed E-state index contributed by atoms with van der Waals surface area (Å²) in [6, 6.07) is 18.5. The Kier molecular flexibility index (Phi) is 4.11. The quantitative estimate of drug-likeness (QED) is 0.573. The van der Waals surface area contributed by atoms with Gasteiger partial charge in [0.05, 0.1) is 0 Å². The number of hydrogen-bond donors (Lipinski definition) is 0. The highest BCUT2D eigenvalue weighted by Crippen LogP contribution is 2.29. The molecule has 3 aromatic rings. The van der Waals surface area contributed by atoms with Crippen molar-refractivity contribution in [3.8, 4) is 0 Å². The minimum Gasteiger partial charge on any atom is -0.415 e. The summed E-state index contributed by atoms with van der Waals surface area (Å²) in [5, 5.41) is 2.70. The van der Waals surface area contributed by atoms with E-state index in [9.17, 15) is 0 Å². The van der Waals surface area contributed by atoms with E-state index in [2.05, 4.69) is 80.0 Å². The number of aromatic nitrogens is 1. The van der Waals surface area contributed by atoms with Gasteiger partial charge in [0.25, 0.3) is 0 Å². The predicted octanol–water partition coefficient (Wildman–Crippen LogP) is 5.42. The second-order valence-electron chi connectivity index (χ2n) is 6.86. The SMILES string of the molecule is CC(C)O[Si](C)(C)CCn1c2ccccc2c2ccccc21. The zero-order chi connectivity index (χ0) is 15.7. The number of rotatable bonds is 5. The first-order chi connectivity index (χ1) is 10.5. The van der Waals surface area contributed by atoms with Crippen molar-refractivity contribution in [3.05, 3.63) is 48.5 Å². The first-order valence-electron chi connectivity index (χ1n) is 8.12. The van der Waals surface area contributed by atoms with Crippen LogP contribution < -0.4 is 0 Å². The number of aryl methyl sites for hydroxylation is 1. The molecule has 0 aliphatic carbocycles. The van der Waals surface area contributed by atoms with Gasteiger partial charge >= 0.3 is 0 Å². The Morgan fingerprint density at radius 1 is 0.909 bits per heavy atom. The predicted molar refractivity (Wildman–Crippen MR) is 98.0 cm³/mol. The van der Waals surface area contributed by atoms with Crippen molar-refractivity contribution in [2.45, 2.75) is 45.6 Å². The fraction of sp³-hybridized carbons (Fsp3) is 0.368. The Balaban J connectivity index is 1.99. The highest BCUT2D eigenvalue weighted by atomic mass is 28.4. The van der Waals surface area contributed by atoms with E-state index in [0.29, 0.717) is 6.10 Å². The monoisotopic (exact) mass is 311 g/mol. The Morgan fingerprint density at radius 3 is 1.91 bits per heavy atom. The van der Waals surface area contributed by atoms with Gasteiger partial charge in [-0.2, -0.15) is 0 Å². The normalized spacial score (nSPS) is 12.6. The molecule has 3 heteroatoms. The summed E-state index contributed by atoms with van der Waals surface area (Å²) >= 11 is 0. The van der Waals surface area contributed by atoms with Crippen LogP contribution in [0.1, 0.15) is 13.8 Å². The molecule has 0 spiro atoms. The van der Waals surface area contributed by atoms with E-state index in [-0.39, 0.29) is 0 Å². The second kappa shape index (κ2) is 5.90. The Morgan fingerprint density at radius 2 is 1.41 bits per heavy atom. The third kappa shape index (κ3) is 2.96. The topological polar surface area (TPSA) is 14.2 Å². The van der Waals surface area contributed by atoms with Gasteiger partial charge < -0.3 is 8.99 Å². The molecule has 1 aromatic heterocycles. The zero-order valence-electron chi connectivity index (χ0n) is 14.0. The van der Waals surface area contributed by atoms with Crippen LogP contribution in [0.2, 0.25) is 19.1 Å². The molecule has 0 radical (unpaired) electrons. The maximum absolute atomic E-state index is 6.19. The summed E-state index contributed by atoms with van der Waals surface area (Å²) in [5.74, 6) is 0. The van der Waals surface area contributed by atoms with Crippen LogP contribution >= 0.6 is 0 Å². The second-order valence-corrected chi connectivity index (χ2v) is 11.1. The number of nitrogens with zero attached hydrogens (tertiary/aromatic N) is 1. The van der Waals surface area contributed by atoms with Gasteiger partial charge in [-0.05, 0) is 45.1 Å². The molecule has 0 fully saturated rings. The van der Waals surface area contributed by atoms with Gasteiger partial charge in [-0.15, -0.1) is 0 Å². The third-order valence-corrected chi connectivity index (χ3v) is 6.71. The van der Waals surface area contributed by atoms with Gasteiger partial charge in [-0.25, -0.2) is 0 Å². The minimum absolute atomic E-state index is 0.319. The summed E-state index contributed by atoms with van der Waals surface area (Å²) in [6.07, 6.45) is 0.319. The molecule has 3 rings (SSSR count). The smallest absolute Gasteiger partial charge is 0.188 e. The minimum atomic E-state index is -1.62. The molecule has 22 heavy (non-hydrogen) atoms. The van der Waals surface area contributed by atoms with Crippen LogP contribution in [0.3, 0.4) is 0 Å².